The van der Waals surface area contributed by atoms with Crippen molar-refractivity contribution in [3.8, 4) is 0 Å². The maximum Gasteiger partial charge on any atom is -0.0181 e. The number of benzene rings is 1. The Morgan fingerprint density at radius 1 is 1.29 bits per heavy atom. The average molecular weight is 228 g/mol. The molecular formula is C17H24. The molecule has 0 atom stereocenters. The molecule has 0 N–H and O–H groups in total. The van der Waals surface area contributed by atoms with Crippen LogP contribution in [0.1, 0.15) is 38.8 Å². The lowest BCUT2D eigenvalue weighted by Gasteiger charge is -2.05. The van der Waals surface area contributed by atoms with Crippen LogP contribution < -0.4 is 0 Å². The molecule has 0 aliphatic heterocycles. The molecule has 0 heteroatoms. The third-order valence-electron chi connectivity index (χ3n) is 2.29. The van der Waals surface area contributed by atoms with Gasteiger partial charge in [-0.1, -0.05) is 75.9 Å². The molecular weight excluding hydrogens is 204 g/mol. The van der Waals surface area contributed by atoms with E-state index in [9.17, 15) is 0 Å². The Kier molecular flexibility index (Phi) is 7.79. The zero-order valence-electron chi connectivity index (χ0n) is 11.6. The highest BCUT2D eigenvalue weighted by atomic mass is 14.0. The van der Waals surface area contributed by atoms with Gasteiger partial charge < -0.3 is 0 Å². The fraction of sp³-hybridized carbons (Fsp3) is 0.294. The molecule has 1 aromatic carbocycles. The van der Waals surface area contributed by atoms with Crippen molar-refractivity contribution in [1.82, 2.24) is 0 Å². The van der Waals surface area contributed by atoms with E-state index in [-0.39, 0.29) is 0 Å². The number of allylic oxidation sites excluding steroid dienone is 4. The Balaban J connectivity index is 0.00000121. The number of aryl methyl sites for hydroxylation is 1. The molecule has 0 nitrogen and oxygen atoms in total. The standard InChI is InChI=1S/C15H18.C2H6/c1-5-13-8-7-9-15(11-13)14(6-2)10-12(3)4;1-2/h6-11H,2-3,5H2,1,4H3;1-2H3/b14-10+;. The highest BCUT2D eigenvalue weighted by Crippen LogP contribution is 2.18. The zero-order chi connectivity index (χ0) is 13.3. The van der Waals surface area contributed by atoms with Gasteiger partial charge in [-0.15, -0.1) is 0 Å². The third-order valence-corrected chi connectivity index (χ3v) is 2.29. The number of hydrogen-bond acceptors (Lipinski definition) is 0. The van der Waals surface area contributed by atoms with Crippen LogP contribution in [0.4, 0.5) is 0 Å². The molecule has 92 valence electrons. The predicted molar refractivity (Wildman–Crippen MR) is 80.2 cm³/mol. The highest BCUT2D eigenvalue weighted by Gasteiger charge is 1.98. The normalized spacial score (nSPS) is 10.2. The van der Waals surface area contributed by atoms with Gasteiger partial charge in [-0.3, -0.25) is 0 Å². The minimum absolute atomic E-state index is 1.05. The van der Waals surface area contributed by atoms with Crippen molar-refractivity contribution < 1.29 is 0 Å². The smallest absolute Gasteiger partial charge is 0.0181 e. The lowest BCUT2D eigenvalue weighted by Crippen LogP contribution is -1.85. The summed E-state index contributed by atoms with van der Waals surface area (Å²) in [5.41, 5.74) is 4.75. The summed E-state index contributed by atoms with van der Waals surface area (Å²) in [6.07, 6.45) is 5.00. The van der Waals surface area contributed by atoms with Crippen molar-refractivity contribution in [3.05, 3.63) is 66.3 Å². The van der Waals surface area contributed by atoms with Crippen LogP contribution in [-0.2, 0) is 6.42 Å². The van der Waals surface area contributed by atoms with Crippen LogP contribution in [-0.4, -0.2) is 0 Å². The molecule has 1 rings (SSSR count). The van der Waals surface area contributed by atoms with Gasteiger partial charge in [-0.2, -0.15) is 0 Å². The molecule has 0 aliphatic carbocycles. The Labute approximate surface area is 106 Å². The van der Waals surface area contributed by atoms with E-state index in [1.807, 2.05) is 26.8 Å². The molecule has 0 bridgehead atoms. The Hall–Kier alpha value is -1.56. The van der Waals surface area contributed by atoms with Crippen LogP contribution in [0, 0.1) is 0 Å². The van der Waals surface area contributed by atoms with Crippen LogP contribution in [0.15, 0.2) is 55.1 Å². The monoisotopic (exact) mass is 228 g/mol. The van der Waals surface area contributed by atoms with Gasteiger partial charge in [0.2, 0.25) is 0 Å². The first-order valence-electron chi connectivity index (χ1n) is 6.26. The molecule has 0 aliphatic rings. The maximum absolute atomic E-state index is 3.89. The molecule has 0 spiro atoms. The van der Waals surface area contributed by atoms with E-state index in [2.05, 4.69) is 50.4 Å². The second-order valence-corrected chi connectivity index (χ2v) is 3.70. The van der Waals surface area contributed by atoms with Gasteiger partial charge in [0.15, 0.2) is 0 Å². The summed E-state index contributed by atoms with van der Waals surface area (Å²) in [6, 6.07) is 8.54. The Morgan fingerprint density at radius 3 is 2.41 bits per heavy atom. The minimum Gasteiger partial charge on any atom is -0.0984 e. The number of hydrogen-bond donors (Lipinski definition) is 0. The SMILES string of the molecule is C=C/C(=C\C(=C)C)c1cccc(CC)c1.CC. The summed E-state index contributed by atoms with van der Waals surface area (Å²) in [7, 11) is 0. The third kappa shape index (κ3) is 5.35. The van der Waals surface area contributed by atoms with Gasteiger partial charge in [0.25, 0.3) is 0 Å². The molecule has 0 unspecified atom stereocenters. The van der Waals surface area contributed by atoms with Crippen molar-refractivity contribution in [2.75, 3.05) is 0 Å². The summed E-state index contributed by atoms with van der Waals surface area (Å²) in [5.74, 6) is 0. The van der Waals surface area contributed by atoms with Gasteiger partial charge in [-0.25, -0.2) is 0 Å². The molecule has 0 radical (unpaired) electrons. The summed E-state index contributed by atoms with van der Waals surface area (Å²) in [5, 5.41) is 0. The molecule has 1 aromatic rings. The molecule has 17 heavy (non-hydrogen) atoms. The van der Waals surface area contributed by atoms with E-state index < -0.39 is 0 Å². The maximum atomic E-state index is 3.89. The van der Waals surface area contributed by atoms with E-state index in [0.717, 1.165) is 17.6 Å². The van der Waals surface area contributed by atoms with Gasteiger partial charge in [0, 0.05) is 0 Å². The van der Waals surface area contributed by atoms with E-state index in [0.29, 0.717) is 0 Å². The van der Waals surface area contributed by atoms with Gasteiger partial charge in [0.05, 0.1) is 0 Å². The summed E-state index contributed by atoms with van der Waals surface area (Å²) < 4.78 is 0. The van der Waals surface area contributed by atoms with Crippen LogP contribution in [0.2, 0.25) is 0 Å². The predicted octanol–water partition coefficient (Wildman–Crippen LogP) is 5.42. The first-order valence-corrected chi connectivity index (χ1v) is 6.26. The zero-order valence-corrected chi connectivity index (χ0v) is 11.6. The molecule has 0 saturated carbocycles. The minimum atomic E-state index is 1.05. The Bertz CT molecular complexity index is 394. The molecule has 0 amide bonds. The second-order valence-electron chi connectivity index (χ2n) is 3.70. The van der Waals surface area contributed by atoms with E-state index in [4.69, 9.17) is 0 Å². The van der Waals surface area contributed by atoms with Crippen molar-refractivity contribution in [2.45, 2.75) is 34.1 Å². The molecule has 0 aromatic heterocycles. The fourth-order valence-corrected chi connectivity index (χ4v) is 1.50. The topological polar surface area (TPSA) is 0 Å². The fourth-order valence-electron chi connectivity index (χ4n) is 1.50. The molecule has 0 heterocycles. The largest absolute Gasteiger partial charge is 0.0984 e. The van der Waals surface area contributed by atoms with Crippen LogP contribution >= 0.6 is 0 Å². The Morgan fingerprint density at radius 2 is 1.94 bits per heavy atom. The van der Waals surface area contributed by atoms with Gasteiger partial charge in [0.1, 0.15) is 0 Å². The van der Waals surface area contributed by atoms with E-state index in [1.165, 1.54) is 11.1 Å². The van der Waals surface area contributed by atoms with Gasteiger partial charge >= 0.3 is 0 Å². The summed E-state index contributed by atoms with van der Waals surface area (Å²) >= 11 is 0. The van der Waals surface area contributed by atoms with E-state index in [1.54, 1.807) is 0 Å². The van der Waals surface area contributed by atoms with Crippen LogP contribution in [0.25, 0.3) is 5.57 Å². The lowest BCUT2D eigenvalue weighted by molar-refractivity contribution is 1.14. The highest BCUT2D eigenvalue weighted by molar-refractivity contribution is 5.75. The first kappa shape index (κ1) is 15.4. The molecule has 0 fully saturated rings. The van der Waals surface area contributed by atoms with Gasteiger partial charge in [-0.05, 0) is 30.0 Å². The lowest BCUT2D eigenvalue weighted by atomic mass is 10.0. The first-order chi connectivity index (χ1) is 8.17. The number of rotatable bonds is 4. The van der Waals surface area contributed by atoms with Crippen molar-refractivity contribution in [1.29, 1.82) is 0 Å². The van der Waals surface area contributed by atoms with Crippen LogP contribution in [0.3, 0.4) is 0 Å². The van der Waals surface area contributed by atoms with Crippen molar-refractivity contribution in [3.63, 3.8) is 0 Å². The van der Waals surface area contributed by atoms with E-state index >= 15 is 0 Å². The van der Waals surface area contributed by atoms with Crippen molar-refractivity contribution in [2.24, 2.45) is 0 Å². The van der Waals surface area contributed by atoms with Crippen LogP contribution in [0.5, 0.6) is 0 Å². The molecule has 0 saturated heterocycles. The quantitative estimate of drug-likeness (QED) is 0.603. The van der Waals surface area contributed by atoms with Crippen molar-refractivity contribution >= 4 is 5.57 Å². The summed E-state index contributed by atoms with van der Waals surface area (Å²) in [4.78, 5) is 0. The summed E-state index contributed by atoms with van der Waals surface area (Å²) in [6.45, 7) is 15.9. The second kappa shape index (κ2) is 8.58. The average Bonchev–Trinajstić information content (AvgIpc) is 2.38.